The summed E-state index contributed by atoms with van der Waals surface area (Å²) in [6, 6.07) is 9.89. The minimum atomic E-state index is 0.535. The van der Waals surface area contributed by atoms with Crippen LogP contribution in [-0.2, 0) is 12.4 Å². The first kappa shape index (κ1) is 14.6. The Hall–Kier alpha value is -1.81. The zero-order chi connectivity index (χ0) is 14.2. The zero-order valence-electron chi connectivity index (χ0n) is 11.5. The van der Waals surface area contributed by atoms with Gasteiger partial charge in [-0.3, -0.25) is 0 Å². The van der Waals surface area contributed by atoms with Crippen LogP contribution in [0.2, 0.25) is 0 Å². The number of ether oxygens (including phenoxy) is 1. The molecule has 0 aliphatic heterocycles. The Bertz CT molecular complexity index is 531. The summed E-state index contributed by atoms with van der Waals surface area (Å²) in [5, 5.41) is 3.18. The third-order valence-electron chi connectivity index (χ3n) is 2.71. The van der Waals surface area contributed by atoms with Gasteiger partial charge in [-0.25, -0.2) is 4.98 Å². The normalized spacial score (nSPS) is 10.3. The van der Waals surface area contributed by atoms with Gasteiger partial charge in [-0.2, -0.15) is 4.98 Å². The molecule has 0 saturated heterocycles. The second-order valence-corrected chi connectivity index (χ2v) is 4.64. The highest BCUT2D eigenvalue weighted by atomic mass is 35.5. The van der Waals surface area contributed by atoms with Gasteiger partial charge in [-0.15, -0.1) is 11.6 Å². The molecule has 2 rings (SSSR count). The average molecular weight is 292 g/mol. The summed E-state index contributed by atoms with van der Waals surface area (Å²) in [6.45, 7) is 3.39. The fourth-order valence-electron chi connectivity index (χ4n) is 1.64. The lowest BCUT2D eigenvalue weighted by Crippen LogP contribution is -2.05. The zero-order valence-corrected chi connectivity index (χ0v) is 12.2. The SMILES string of the molecule is CCCOc1ccnc(NCc2ccc(CCl)cc2)n1. The predicted molar refractivity (Wildman–Crippen MR) is 81.1 cm³/mol. The number of hydrogen-bond donors (Lipinski definition) is 1. The van der Waals surface area contributed by atoms with Crippen molar-refractivity contribution in [1.82, 2.24) is 9.97 Å². The summed E-state index contributed by atoms with van der Waals surface area (Å²) in [4.78, 5) is 8.47. The van der Waals surface area contributed by atoms with Crippen LogP contribution < -0.4 is 10.1 Å². The molecule has 5 heteroatoms. The van der Waals surface area contributed by atoms with Crippen LogP contribution in [0.5, 0.6) is 5.88 Å². The van der Waals surface area contributed by atoms with E-state index in [1.54, 1.807) is 12.3 Å². The molecule has 2 aromatic rings. The number of hydrogen-bond acceptors (Lipinski definition) is 4. The van der Waals surface area contributed by atoms with Crippen molar-refractivity contribution in [2.75, 3.05) is 11.9 Å². The summed E-state index contributed by atoms with van der Waals surface area (Å²) in [5.74, 6) is 1.70. The van der Waals surface area contributed by atoms with Gasteiger partial charge in [0.2, 0.25) is 11.8 Å². The van der Waals surface area contributed by atoms with Crippen LogP contribution in [-0.4, -0.2) is 16.6 Å². The number of anilines is 1. The quantitative estimate of drug-likeness (QED) is 0.792. The smallest absolute Gasteiger partial charge is 0.226 e. The van der Waals surface area contributed by atoms with E-state index in [9.17, 15) is 0 Å². The molecule has 0 radical (unpaired) electrons. The van der Waals surface area contributed by atoms with Crippen molar-refractivity contribution in [2.24, 2.45) is 0 Å². The summed E-state index contributed by atoms with van der Waals surface area (Å²) in [7, 11) is 0. The Labute approximate surface area is 124 Å². The molecule has 0 fully saturated rings. The standard InChI is InChI=1S/C15H18ClN3O/c1-2-9-20-14-7-8-17-15(19-14)18-11-13-5-3-12(10-16)4-6-13/h3-8H,2,9-11H2,1H3,(H,17,18,19). The molecular weight excluding hydrogens is 274 g/mol. The maximum Gasteiger partial charge on any atom is 0.226 e. The maximum atomic E-state index is 5.76. The number of rotatable bonds is 7. The first-order chi connectivity index (χ1) is 9.81. The number of alkyl halides is 1. The highest BCUT2D eigenvalue weighted by molar-refractivity contribution is 6.17. The third-order valence-corrected chi connectivity index (χ3v) is 3.02. The van der Waals surface area contributed by atoms with E-state index >= 15 is 0 Å². The maximum absolute atomic E-state index is 5.76. The molecule has 0 aliphatic carbocycles. The van der Waals surface area contributed by atoms with E-state index in [2.05, 4.69) is 22.2 Å². The van der Waals surface area contributed by atoms with Crippen molar-refractivity contribution < 1.29 is 4.74 Å². The Morgan fingerprint density at radius 2 is 1.90 bits per heavy atom. The number of nitrogens with zero attached hydrogens (tertiary/aromatic N) is 2. The molecule has 1 N–H and O–H groups in total. The highest BCUT2D eigenvalue weighted by Crippen LogP contribution is 2.11. The molecule has 1 aromatic carbocycles. The molecule has 1 heterocycles. The topological polar surface area (TPSA) is 47.0 Å². The first-order valence-corrected chi connectivity index (χ1v) is 7.18. The largest absolute Gasteiger partial charge is 0.478 e. The average Bonchev–Trinajstić information content (AvgIpc) is 2.52. The molecule has 106 valence electrons. The molecule has 0 saturated carbocycles. The van der Waals surface area contributed by atoms with Gasteiger partial charge in [0.25, 0.3) is 0 Å². The van der Waals surface area contributed by atoms with E-state index in [1.165, 1.54) is 0 Å². The number of aromatic nitrogens is 2. The number of nitrogens with one attached hydrogen (secondary N) is 1. The molecular formula is C15H18ClN3O. The fraction of sp³-hybridized carbons (Fsp3) is 0.333. The van der Waals surface area contributed by atoms with Gasteiger partial charge in [0.05, 0.1) is 6.61 Å². The van der Waals surface area contributed by atoms with Crippen molar-refractivity contribution in [1.29, 1.82) is 0 Å². The van der Waals surface area contributed by atoms with Crippen LogP contribution in [0.15, 0.2) is 36.5 Å². The lowest BCUT2D eigenvalue weighted by molar-refractivity contribution is 0.305. The van der Waals surface area contributed by atoms with E-state index in [-0.39, 0.29) is 0 Å². The van der Waals surface area contributed by atoms with Gasteiger partial charge in [-0.1, -0.05) is 31.2 Å². The Kier molecular flexibility index (Phi) is 5.62. The van der Waals surface area contributed by atoms with Crippen molar-refractivity contribution in [3.05, 3.63) is 47.7 Å². The van der Waals surface area contributed by atoms with Crippen molar-refractivity contribution in [2.45, 2.75) is 25.8 Å². The Balaban J connectivity index is 1.92. The van der Waals surface area contributed by atoms with Crippen molar-refractivity contribution >= 4 is 17.5 Å². The third kappa shape index (κ3) is 4.38. The molecule has 0 unspecified atom stereocenters. The second-order valence-electron chi connectivity index (χ2n) is 4.37. The molecule has 0 aliphatic rings. The molecule has 4 nitrogen and oxygen atoms in total. The van der Waals surface area contributed by atoms with Gasteiger partial charge in [-0.05, 0) is 17.5 Å². The Morgan fingerprint density at radius 3 is 2.60 bits per heavy atom. The summed E-state index contributed by atoms with van der Waals surface area (Å²) in [6.07, 6.45) is 2.65. The summed E-state index contributed by atoms with van der Waals surface area (Å²) in [5.41, 5.74) is 2.27. The van der Waals surface area contributed by atoms with Gasteiger partial charge in [0.1, 0.15) is 0 Å². The van der Waals surface area contributed by atoms with Crippen LogP contribution >= 0.6 is 11.6 Å². The predicted octanol–water partition coefficient (Wildman–Crippen LogP) is 3.62. The first-order valence-electron chi connectivity index (χ1n) is 6.65. The lowest BCUT2D eigenvalue weighted by Gasteiger charge is -2.07. The lowest BCUT2D eigenvalue weighted by atomic mass is 10.1. The minimum absolute atomic E-state index is 0.535. The van der Waals surface area contributed by atoms with Gasteiger partial charge >= 0.3 is 0 Å². The number of halogens is 1. The summed E-state index contributed by atoms with van der Waals surface area (Å²) >= 11 is 5.76. The molecule has 0 atom stereocenters. The van der Waals surface area contributed by atoms with Crippen LogP contribution in [0.25, 0.3) is 0 Å². The van der Waals surface area contributed by atoms with E-state index in [0.29, 0.717) is 30.9 Å². The van der Waals surface area contributed by atoms with Gasteiger partial charge in [0, 0.05) is 24.7 Å². The van der Waals surface area contributed by atoms with Crippen LogP contribution in [0.3, 0.4) is 0 Å². The molecule has 1 aromatic heterocycles. The second kappa shape index (κ2) is 7.70. The van der Waals surface area contributed by atoms with E-state index in [1.807, 2.05) is 24.3 Å². The Morgan fingerprint density at radius 1 is 1.15 bits per heavy atom. The van der Waals surface area contributed by atoms with Crippen LogP contribution in [0.4, 0.5) is 5.95 Å². The molecule has 20 heavy (non-hydrogen) atoms. The highest BCUT2D eigenvalue weighted by Gasteiger charge is 2.00. The summed E-state index contributed by atoms with van der Waals surface area (Å²) < 4.78 is 5.47. The molecule has 0 bridgehead atoms. The monoisotopic (exact) mass is 291 g/mol. The van der Waals surface area contributed by atoms with Crippen molar-refractivity contribution in [3.63, 3.8) is 0 Å². The van der Waals surface area contributed by atoms with E-state index in [4.69, 9.17) is 16.3 Å². The van der Waals surface area contributed by atoms with Gasteiger partial charge < -0.3 is 10.1 Å². The van der Waals surface area contributed by atoms with Crippen LogP contribution in [0, 0.1) is 0 Å². The van der Waals surface area contributed by atoms with Crippen LogP contribution in [0.1, 0.15) is 24.5 Å². The fourth-order valence-corrected chi connectivity index (χ4v) is 1.82. The minimum Gasteiger partial charge on any atom is -0.478 e. The van der Waals surface area contributed by atoms with E-state index in [0.717, 1.165) is 17.5 Å². The van der Waals surface area contributed by atoms with Gasteiger partial charge in [0.15, 0.2) is 0 Å². The van der Waals surface area contributed by atoms with E-state index < -0.39 is 0 Å². The molecule has 0 amide bonds. The molecule has 0 spiro atoms. The number of benzene rings is 1. The van der Waals surface area contributed by atoms with Crippen molar-refractivity contribution in [3.8, 4) is 5.88 Å².